The molecule has 1 atom stereocenters. The number of esters is 3. The third-order valence-electron chi connectivity index (χ3n) is 9.81. The van der Waals surface area contributed by atoms with Gasteiger partial charge in [-0.25, -0.2) is 0 Å². The maximum Gasteiger partial charge on any atom is 0.306 e. The summed E-state index contributed by atoms with van der Waals surface area (Å²) in [6, 6.07) is 0. The molecule has 0 radical (unpaired) electrons. The van der Waals surface area contributed by atoms with Crippen LogP contribution in [0.15, 0.2) is 109 Å². The van der Waals surface area contributed by atoms with E-state index in [4.69, 9.17) is 14.2 Å². The molecule has 0 amide bonds. The van der Waals surface area contributed by atoms with Crippen LogP contribution in [0.25, 0.3) is 0 Å². The quantitative estimate of drug-likeness (QED) is 0.0200. The molecule has 0 saturated heterocycles. The average Bonchev–Trinajstić information content (AvgIpc) is 3.26. The number of rotatable bonds is 42. The van der Waals surface area contributed by atoms with Gasteiger partial charge < -0.3 is 14.2 Å². The number of hydrogen-bond acceptors (Lipinski definition) is 6. The van der Waals surface area contributed by atoms with Crippen molar-refractivity contribution in [2.75, 3.05) is 13.2 Å². The van der Waals surface area contributed by atoms with Crippen LogP contribution in [-0.4, -0.2) is 37.2 Å². The molecule has 0 aromatic rings. The zero-order valence-corrected chi connectivity index (χ0v) is 39.1. The fraction of sp³-hybridized carbons (Fsp3) is 0.618. The maximum atomic E-state index is 12.7. The Morgan fingerprint density at radius 1 is 0.361 bits per heavy atom. The minimum Gasteiger partial charge on any atom is -0.462 e. The van der Waals surface area contributed by atoms with Crippen molar-refractivity contribution in [1.29, 1.82) is 0 Å². The van der Waals surface area contributed by atoms with E-state index in [1.807, 2.05) is 12.2 Å². The maximum absolute atomic E-state index is 12.7. The summed E-state index contributed by atoms with van der Waals surface area (Å²) in [5, 5.41) is 0. The second-order valence-corrected chi connectivity index (χ2v) is 15.7. The molecule has 1 unspecified atom stereocenters. The summed E-state index contributed by atoms with van der Waals surface area (Å²) >= 11 is 0. The van der Waals surface area contributed by atoms with E-state index in [1.54, 1.807) is 0 Å². The van der Waals surface area contributed by atoms with Crippen LogP contribution in [0.5, 0.6) is 0 Å². The lowest BCUT2D eigenvalue weighted by molar-refractivity contribution is -0.166. The standard InChI is InChI=1S/C55H88O6/c1-4-7-10-13-16-19-21-23-25-27-28-30-31-33-36-39-42-45-48-54(57)60-51-52(50-59-53(56)47-44-41-38-35-18-15-12-9-6-3)61-55(58)49-46-43-40-37-34-32-29-26-24-22-20-17-14-11-8-5-2/h8,11,17,20-21,23-28,30,32,34-35,38,40,43,52H,4-7,9-10,12-16,18-19,22,29,31,33,36-37,39,41-42,44-51H2,1-3H3/b11-8-,20-17-,23-21-,26-24-,27-25-,30-28-,34-32-,38-35-,43-40-. The van der Waals surface area contributed by atoms with Gasteiger partial charge in [-0.15, -0.1) is 0 Å². The number of ether oxygens (including phenoxy) is 3. The first-order valence-electron chi connectivity index (χ1n) is 24.4. The van der Waals surface area contributed by atoms with E-state index in [-0.39, 0.29) is 38.0 Å². The van der Waals surface area contributed by atoms with E-state index in [2.05, 4.69) is 118 Å². The van der Waals surface area contributed by atoms with Crippen LogP contribution < -0.4 is 0 Å². The Morgan fingerprint density at radius 2 is 0.754 bits per heavy atom. The number of carbonyl (C=O) groups is 3. The molecule has 0 fully saturated rings. The predicted octanol–water partition coefficient (Wildman–Crippen LogP) is 16.0. The lowest BCUT2D eigenvalue weighted by atomic mass is 10.1. The van der Waals surface area contributed by atoms with Crippen LogP contribution in [0.4, 0.5) is 0 Å². The summed E-state index contributed by atoms with van der Waals surface area (Å²) in [7, 11) is 0. The van der Waals surface area contributed by atoms with Gasteiger partial charge in [-0.3, -0.25) is 14.4 Å². The topological polar surface area (TPSA) is 78.9 Å². The first-order valence-corrected chi connectivity index (χ1v) is 24.4. The fourth-order valence-corrected chi connectivity index (χ4v) is 6.14. The molecule has 0 aromatic carbocycles. The van der Waals surface area contributed by atoms with Gasteiger partial charge in [0.15, 0.2) is 6.10 Å². The molecule has 0 saturated carbocycles. The van der Waals surface area contributed by atoms with E-state index in [1.165, 1.54) is 57.8 Å². The highest BCUT2D eigenvalue weighted by Gasteiger charge is 2.19. The lowest BCUT2D eigenvalue weighted by Crippen LogP contribution is -2.30. The van der Waals surface area contributed by atoms with Crippen molar-refractivity contribution in [2.45, 2.75) is 207 Å². The third-order valence-corrected chi connectivity index (χ3v) is 9.81. The van der Waals surface area contributed by atoms with Gasteiger partial charge >= 0.3 is 17.9 Å². The average molecular weight is 845 g/mol. The van der Waals surface area contributed by atoms with Gasteiger partial charge in [-0.2, -0.15) is 0 Å². The number of carbonyl (C=O) groups excluding carboxylic acids is 3. The fourth-order valence-electron chi connectivity index (χ4n) is 6.14. The molecule has 0 N–H and O–H groups in total. The summed E-state index contributed by atoms with van der Waals surface area (Å²) in [5.74, 6) is -1.08. The first kappa shape index (κ1) is 57.1. The highest BCUT2D eigenvalue weighted by atomic mass is 16.6. The minimum absolute atomic E-state index is 0.129. The number of allylic oxidation sites excluding steroid dienone is 18. The monoisotopic (exact) mass is 845 g/mol. The van der Waals surface area contributed by atoms with Crippen molar-refractivity contribution in [3.63, 3.8) is 0 Å². The van der Waals surface area contributed by atoms with Crippen LogP contribution >= 0.6 is 0 Å². The summed E-state index contributed by atoms with van der Waals surface area (Å²) in [5.41, 5.74) is 0. The first-order chi connectivity index (χ1) is 30.0. The summed E-state index contributed by atoms with van der Waals surface area (Å²) in [6.07, 6.45) is 65.2. The molecule has 344 valence electrons. The summed E-state index contributed by atoms with van der Waals surface area (Å²) in [6.45, 7) is 6.34. The SMILES string of the molecule is CC/C=C\C/C=C\C/C=C\C/C=C\C/C=C\CCC(=O)OC(COC(=O)CCC/C=C\CCCCCC)COC(=O)CCCCCCC\C=C/C=C\C=C/CCCCCCC. The Hall–Kier alpha value is -3.93. The molecule has 6 heteroatoms. The van der Waals surface area contributed by atoms with Gasteiger partial charge in [-0.05, 0) is 96.3 Å². The van der Waals surface area contributed by atoms with Crippen molar-refractivity contribution in [3.8, 4) is 0 Å². The zero-order chi connectivity index (χ0) is 44.4. The number of unbranched alkanes of at least 4 members (excludes halogenated alkanes) is 15. The van der Waals surface area contributed by atoms with Crippen LogP contribution in [0.2, 0.25) is 0 Å². The van der Waals surface area contributed by atoms with Gasteiger partial charge in [0, 0.05) is 19.3 Å². The zero-order valence-electron chi connectivity index (χ0n) is 39.1. The Balaban J connectivity index is 4.53. The molecule has 0 spiro atoms. The molecule has 6 nitrogen and oxygen atoms in total. The van der Waals surface area contributed by atoms with E-state index in [0.29, 0.717) is 19.3 Å². The summed E-state index contributed by atoms with van der Waals surface area (Å²) < 4.78 is 16.6. The Labute approximate surface area is 374 Å². The normalized spacial score (nSPS) is 13.0. The molecule has 61 heavy (non-hydrogen) atoms. The molecular formula is C55H88O6. The van der Waals surface area contributed by atoms with E-state index < -0.39 is 12.1 Å². The molecular weight excluding hydrogens is 757 g/mol. The highest BCUT2D eigenvalue weighted by Crippen LogP contribution is 2.11. The second kappa shape index (κ2) is 48.7. The predicted molar refractivity (Wildman–Crippen MR) is 260 cm³/mol. The Kier molecular flexibility index (Phi) is 45.6. The van der Waals surface area contributed by atoms with Gasteiger partial charge in [0.1, 0.15) is 13.2 Å². The lowest BCUT2D eigenvalue weighted by Gasteiger charge is -2.18. The van der Waals surface area contributed by atoms with Crippen molar-refractivity contribution < 1.29 is 28.6 Å². The van der Waals surface area contributed by atoms with Crippen molar-refractivity contribution >= 4 is 17.9 Å². The van der Waals surface area contributed by atoms with Crippen molar-refractivity contribution in [1.82, 2.24) is 0 Å². The molecule has 0 rings (SSSR count). The molecule has 0 aromatic heterocycles. The van der Waals surface area contributed by atoms with Gasteiger partial charge in [0.25, 0.3) is 0 Å². The Morgan fingerprint density at radius 3 is 1.28 bits per heavy atom. The van der Waals surface area contributed by atoms with E-state index in [0.717, 1.165) is 89.9 Å². The van der Waals surface area contributed by atoms with Gasteiger partial charge in [0.2, 0.25) is 0 Å². The van der Waals surface area contributed by atoms with Crippen molar-refractivity contribution in [2.24, 2.45) is 0 Å². The van der Waals surface area contributed by atoms with Crippen LogP contribution in [-0.2, 0) is 28.6 Å². The van der Waals surface area contributed by atoms with Crippen LogP contribution in [0.3, 0.4) is 0 Å². The highest BCUT2D eigenvalue weighted by molar-refractivity contribution is 5.71. The number of hydrogen-bond donors (Lipinski definition) is 0. The van der Waals surface area contributed by atoms with E-state index in [9.17, 15) is 14.4 Å². The van der Waals surface area contributed by atoms with Crippen molar-refractivity contribution in [3.05, 3.63) is 109 Å². The van der Waals surface area contributed by atoms with E-state index >= 15 is 0 Å². The molecule has 0 heterocycles. The third kappa shape index (κ3) is 47.0. The second-order valence-electron chi connectivity index (χ2n) is 15.7. The minimum atomic E-state index is -0.837. The van der Waals surface area contributed by atoms with Crippen LogP contribution in [0.1, 0.15) is 201 Å². The smallest absolute Gasteiger partial charge is 0.306 e. The van der Waals surface area contributed by atoms with Crippen LogP contribution in [0, 0.1) is 0 Å². The largest absolute Gasteiger partial charge is 0.462 e. The molecule has 0 aliphatic rings. The van der Waals surface area contributed by atoms with Gasteiger partial charge in [-0.1, -0.05) is 194 Å². The van der Waals surface area contributed by atoms with Gasteiger partial charge in [0.05, 0.1) is 0 Å². The Bertz CT molecular complexity index is 1290. The molecule has 0 bridgehead atoms. The summed E-state index contributed by atoms with van der Waals surface area (Å²) in [4.78, 5) is 37.8. The molecule has 0 aliphatic heterocycles. The molecule has 0 aliphatic carbocycles.